The Morgan fingerprint density at radius 2 is 2.00 bits per heavy atom. The van der Waals surface area contributed by atoms with Gasteiger partial charge in [-0.05, 0) is 25.3 Å². The number of hydrogen-bond donors (Lipinski definition) is 0. The minimum Gasteiger partial charge on any atom is -0.0928 e. The monoisotopic (exact) mass is 238 g/mol. The van der Waals surface area contributed by atoms with Crippen molar-refractivity contribution in [2.45, 2.75) is 19.8 Å². The molecule has 13 heavy (non-hydrogen) atoms. The second kappa shape index (κ2) is 5.98. The molecule has 70 valence electrons. The van der Waals surface area contributed by atoms with Crippen LogP contribution < -0.4 is 0 Å². The van der Waals surface area contributed by atoms with Crippen molar-refractivity contribution in [2.75, 3.05) is 5.33 Å². The lowest BCUT2D eigenvalue weighted by Crippen LogP contribution is -1.79. The maximum atomic E-state index is 3.44. The number of hydrogen-bond acceptors (Lipinski definition) is 0. The number of halogens is 1. The van der Waals surface area contributed by atoms with Gasteiger partial charge in [-0.15, -0.1) is 0 Å². The molecule has 1 aromatic carbocycles. The molecule has 0 aliphatic heterocycles. The fourth-order valence-electron chi connectivity index (χ4n) is 1.25. The lowest BCUT2D eigenvalue weighted by Gasteiger charge is -1.98. The van der Waals surface area contributed by atoms with E-state index < -0.39 is 0 Å². The van der Waals surface area contributed by atoms with Crippen LogP contribution in [0.4, 0.5) is 0 Å². The Balaban J connectivity index is 2.55. The lowest BCUT2D eigenvalue weighted by molar-refractivity contribution is 0.928. The van der Waals surface area contributed by atoms with Crippen LogP contribution in [0, 0.1) is 0 Å². The molecule has 0 fully saturated rings. The van der Waals surface area contributed by atoms with Crippen molar-refractivity contribution < 1.29 is 0 Å². The first-order valence-electron chi connectivity index (χ1n) is 4.61. The summed E-state index contributed by atoms with van der Waals surface area (Å²) in [5.74, 6) is 0. The Labute approximate surface area is 88.8 Å². The normalized spacial score (nSPS) is 11.7. The molecule has 0 unspecified atom stereocenters. The summed E-state index contributed by atoms with van der Waals surface area (Å²) < 4.78 is 0. The van der Waals surface area contributed by atoms with Crippen molar-refractivity contribution in [3.8, 4) is 0 Å². The largest absolute Gasteiger partial charge is 0.0928 e. The summed E-state index contributed by atoms with van der Waals surface area (Å²) in [6.07, 6.45) is 4.65. The molecule has 1 aromatic rings. The van der Waals surface area contributed by atoms with Gasteiger partial charge in [0.1, 0.15) is 0 Å². The third-order valence-electron chi connectivity index (χ3n) is 1.92. The first kappa shape index (κ1) is 10.5. The van der Waals surface area contributed by atoms with Crippen molar-refractivity contribution in [3.05, 3.63) is 41.5 Å². The number of rotatable bonds is 4. The first-order valence-corrected chi connectivity index (χ1v) is 5.73. The molecule has 0 amide bonds. The summed E-state index contributed by atoms with van der Waals surface area (Å²) in [5.41, 5.74) is 2.75. The average Bonchev–Trinajstić information content (AvgIpc) is 2.16. The molecular formula is C12H15Br. The van der Waals surface area contributed by atoms with E-state index in [1.807, 2.05) is 6.07 Å². The fraction of sp³-hybridized carbons (Fsp3) is 0.333. The van der Waals surface area contributed by atoms with Crippen LogP contribution in [0.3, 0.4) is 0 Å². The lowest BCUT2D eigenvalue weighted by atomic mass is 10.1. The van der Waals surface area contributed by atoms with Crippen LogP contribution >= 0.6 is 15.9 Å². The van der Waals surface area contributed by atoms with Gasteiger partial charge in [0.15, 0.2) is 0 Å². The Hall–Kier alpha value is -0.560. The molecule has 0 atom stereocenters. The van der Waals surface area contributed by atoms with Gasteiger partial charge in [-0.1, -0.05) is 57.9 Å². The van der Waals surface area contributed by atoms with Crippen LogP contribution in [-0.4, -0.2) is 5.33 Å². The van der Waals surface area contributed by atoms with Crippen LogP contribution in [0.25, 0.3) is 6.08 Å². The van der Waals surface area contributed by atoms with Gasteiger partial charge in [0.05, 0.1) is 0 Å². The van der Waals surface area contributed by atoms with E-state index >= 15 is 0 Å². The second-order valence-corrected chi connectivity index (χ2v) is 3.99. The van der Waals surface area contributed by atoms with E-state index in [0.29, 0.717) is 0 Å². The molecule has 0 radical (unpaired) electrons. The summed E-state index contributed by atoms with van der Waals surface area (Å²) in [4.78, 5) is 0. The minimum absolute atomic E-state index is 1.09. The highest BCUT2D eigenvalue weighted by Crippen LogP contribution is 2.11. The van der Waals surface area contributed by atoms with Gasteiger partial charge in [0.2, 0.25) is 0 Å². The molecular weight excluding hydrogens is 224 g/mol. The van der Waals surface area contributed by atoms with Gasteiger partial charge in [0, 0.05) is 5.33 Å². The van der Waals surface area contributed by atoms with E-state index in [1.54, 1.807) is 0 Å². The molecule has 0 aromatic heterocycles. The zero-order valence-electron chi connectivity index (χ0n) is 7.96. The van der Waals surface area contributed by atoms with Crippen molar-refractivity contribution in [3.63, 3.8) is 0 Å². The summed E-state index contributed by atoms with van der Waals surface area (Å²) in [7, 11) is 0. The molecule has 1 rings (SSSR count). The average molecular weight is 239 g/mol. The molecule has 0 saturated carbocycles. The summed E-state index contributed by atoms with van der Waals surface area (Å²) in [6, 6.07) is 10.5. The third kappa shape index (κ3) is 4.28. The molecule has 0 nitrogen and oxygen atoms in total. The number of benzene rings is 1. The predicted molar refractivity (Wildman–Crippen MR) is 63.1 cm³/mol. The Morgan fingerprint density at radius 1 is 1.31 bits per heavy atom. The van der Waals surface area contributed by atoms with E-state index in [9.17, 15) is 0 Å². The van der Waals surface area contributed by atoms with E-state index in [2.05, 4.69) is 53.2 Å². The number of allylic oxidation sites excluding steroid dienone is 1. The Kier molecular flexibility index (Phi) is 4.84. The van der Waals surface area contributed by atoms with Gasteiger partial charge < -0.3 is 0 Å². The minimum atomic E-state index is 1.09. The molecule has 0 N–H and O–H groups in total. The first-order chi connectivity index (χ1) is 6.33. The van der Waals surface area contributed by atoms with Crippen molar-refractivity contribution >= 4 is 22.0 Å². The van der Waals surface area contributed by atoms with Crippen LogP contribution in [-0.2, 0) is 0 Å². The number of alkyl halides is 1. The SMILES string of the molecule is C/C(=C\c1ccccc1)CCCBr. The molecule has 1 heteroatoms. The van der Waals surface area contributed by atoms with E-state index in [0.717, 1.165) is 5.33 Å². The van der Waals surface area contributed by atoms with E-state index in [1.165, 1.54) is 24.0 Å². The van der Waals surface area contributed by atoms with E-state index in [4.69, 9.17) is 0 Å². The van der Waals surface area contributed by atoms with Gasteiger partial charge in [0.25, 0.3) is 0 Å². The predicted octanol–water partition coefficient (Wildman–Crippen LogP) is 4.27. The van der Waals surface area contributed by atoms with Crippen molar-refractivity contribution in [1.82, 2.24) is 0 Å². The van der Waals surface area contributed by atoms with Gasteiger partial charge in [-0.2, -0.15) is 0 Å². The summed E-state index contributed by atoms with van der Waals surface area (Å²) >= 11 is 3.44. The maximum absolute atomic E-state index is 3.44. The maximum Gasteiger partial charge on any atom is 0.00343 e. The Bertz CT molecular complexity index is 262. The highest BCUT2D eigenvalue weighted by Gasteiger charge is 1.90. The van der Waals surface area contributed by atoms with Crippen LogP contribution in [0.5, 0.6) is 0 Å². The van der Waals surface area contributed by atoms with Crippen LogP contribution in [0.2, 0.25) is 0 Å². The zero-order chi connectivity index (χ0) is 9.52. The topological polar surface area (TPSA) is 0 Å². The molecule has 0 saturated heterocycles. The summed E-state index contributed by atoms with van der Waals surface area (Å²) in [6.45, 7) is 2.19. The van der Waals surface area contributed by atoms with Gasteiger partial charge >= 0.3 is 0 Å². The van der Waals surface area contributed by atoms with Gasteiger partial charge in [-0.3, -0.25) is 0 Å². The molecule has 0 heterocycles. The highest BCUT2D eigenvalue weighted by atomic mass is 79.9. The zero-order valence-corrected chi connectivity index (χ0v) is 9.55. The summed E-state index contributed by atoms with van der Waals surface area (Å²) in [5, 5.41) is 1.09. The van der Waals surface area contributed by atoms with Crippen molar-refractivity contribution in [2.24, 2.45) is 0 Å². The fourth-order valence-corrected chi connectivity index (χ4v) is 1.53. The quantitative estimate of drug-likeness (QED) is 0.688. The smallest absolute Gasteiger partial charge is 0.00343 e. The highest BCUT2D eigenvalue weighted by molar-refractivity contribution is 9.09. The molecule has 0 aliphatic carbocycles. The van der Waals surface area contributed by atoms with Crippen LogP contribution in [0.15, 0.2) is 35.9 Å². The van der Waals surface area contributed by atoms with Crippen LogP contribution in [0.1, 0.15) is 25.3 Å². The third-order valence-corrected chi connectivity index (χ3v) is 2.48. The van der Waals surface area contributed by atoms with Gasteiger partial charge in [-0.25, -0.2) is 0 Å². The molecule has 0 aliphatic rings. The van der Waals surface area contributed by atoms with Crippen molar-refractivity contribution in [1.29, 1.82) is 0 Å². The molecule has 0 spiro atoms. The molecule has 0 bridgehead atoms. The Morgan fingerprint density at radius 3 is 2.62 bits per heavy atom. The second-order valence-electron chi connectivity index (χ2n) is 3.19. The van der Waals surface area contributed by atoms with E-state index in [-0.39, 0.29) is 0 Å². The standard InChI is InChI=1S/C12H15Br/c1-11(6-5-9-13)10-12-7-3-2-4-8-12/h2-4,7-8,10H,5-6,9H2,1H3/b11-10+.